The SMILES string of the molecule is CCCCCC[C@@H](NC(=O)c1c(F)cc(F)cc1F)C(N)=O. The van der Waals surface area contributed by atoms with Crippen molar-refractivity contribution in [2.75, 3.05) is 0 Å². The number of hydrogen-bond donors (Lipinski definition) is 2. The molecule has 0 bridgehead atoms. The summed E-state index contributed by atoms with van der Waals surface area (Å²) < 4.78 is 39.8. The number of nitrogens with two attached hydrogens (primary N) is 1. The molecule has 4 nitrogen and oxygen atoms in total. The van der Waals surface area contributed by atoms with E-state index >= 15 is 0 Å². The van der Waals surface area contributed by atoms with Gasteiger partial charge in [0.25, 0.3) is 5.91 Å². The molecule has 1 rings (SSSR count). The maximum absolute atomic E-state index is 13.5. The van der Waals surface area contributed by atoms with Crippen LogP contribution in [0.4, 0.5) is 13.2 Å². The smallest absolute Gasteiger partial charge is 0.257 e. The van der Waals surface area contributed by atoms with Gasteiger partial charge in [0.2, 0.25) is 5.91 Å². The lowest BCUT2D eigenvalue weighted by molar-refractivity contribution is -0.120. The van der Waals surface area contributed by atoms with Crippen LogP contribution in [0.3, 0.4) is 0 Å². The van der Waals surface area contributed by atoms with Crippen LogP contribution in [0.15, 0.2) is 12.1 Å². The van der Waals surface area contributed by atoms with Crippen LogP contribution < -0.4 is 11.1 Å². The molecule has 0 aromatic heterocycles. The van der Waals surface area contributed by atoms with Crippen molar-refractivity contribution in [3.8, 4) is 0 Å². The third-order valence-electron chi connectivity index (χ3n) is 3.23. The highest BCUT2D eigenvalue weighted by atomic mass is 19.1. The van der Waals surface area contributed by atoms with Crippen molar-refractivity contribution in [1.29, 1.82) is 0 Å². The molecule has 1 atom stereocenters. The molecule has 0 aliphatic rings. The molecule has 0 saturated carbocycles. The van der Waals surface area contributed by atoms with Gasteiger partial charge in [0, 0.05) is 12.1 Å². The summed E-state index contributed by atoms with van der Waals surface area (Å²) in [5, 5.41) is 2.19. The third kappa shape index (κ3) is 5.05. The molecule has 0 fully saturated rings. The minimum absolute atomic E-state index is 0.283. The zero-order chi connectivity index (χ0) is 16.7. The monoisotopic (exact) mass is 316 g/mol. The molecule has 7 heteroatoms. The predicted molar refractivity (Wildman–Crippen MR) is 75.5 cm³/mol. The van der Waals surface area contributed by atoms with Crippen molar-refractivity contribution >= 4 is 11.8 Å². The summed E-state index contributed by atoms with van der Waals surface area (Å²) in [6.07, 6.45) is 3.76. The van der Waals surface area contributed by atoms with Crippen LogP contribution in [0.25, 0.3) is 0 Å². The lowest BCUT2D eigenvalue weighted by Gasteiger charge is -2.16. The highest BCUT2D eigenvalue weighted by molar-refractivity contribution is 5.97. The quantitative estimate of drug-likeness (QED) is 0.724. The van der Waals surface area contributed by atoms with Gasteiger partial charge in [0.1, 0.15) is 29.1 Å². The van der Waals surface area contributed by atoms with Gasteiger partial charge in [-0.25, -0.2) is 13.2 Å². The number of carbonyl (C=O) groups is 2. The van der Waals surface area contributed by atoms with Crippen LogP contribution in [0.1, 0.15) is 49.4 Å². The van der Waals surface area contributed by atoms with Gasteiger partial charge in [0.05, 0.1) is 0 Å². The van der Waals surface area contributed by atoms with Crippen molar-refractivity contribution in [2.24, 2.45) is 5.73 Å². The summed E-state index contributed by atoms with van der Waals surface area (Å²) in [4.78, 5) is 23.2. The van der Waals surface area contributed by atoms with Crippen LogP contribution in [0, 0.1) is 17.5 Å². The molecule has 122 valence electrons. The molecule has 0 spiro atoms. The lowest BCUT2D eigenvalue weighted by atomic mass is 10.1. The van der Waals surface area contributed by atoms with Crippen molar-refractivity contribution in [1.82, 2.24) is 5.32 Å². The van der Waals surface area contributed by atoms with Crippen molar-refractivity contribution in [3.63, 3.8) is 0 Å². The number of halogens is 3. The van der Waals surface area contributed by atoms with E-state index in [2.05, 4.69) is 5.32 Å². The van der Waals surface area contributed by atoms with Crippen LogP contribution >= 0.6 is 0 Å². The number of benzene rings is 1. The Kier molecular flexibility index (Phi) is 6.88. The minimum Gasteiger partial charge on any atom is -0.368 e. The van der Waals surface area contributed by atoms with Crippen molar-refractivity contribution in [2.45, 2.75) is 45.1 Å². The van der Waals surface area contributed by atoms with Gasteiger partial charge in [-0.05, 0) is 6.42 Å². The Morgan fingerprint density at radius 1 is 1.14 bits per heavy atom. The second kappa shape index (κ2) is 8.41. The average molecular weight is 316 g/mol. The van der Waals surface area contributed by atoms with Gasteiger partial charge in [-0.1, -0.05) is 32.6 Å². The summed E-state index contributed by atoms with van der Waals surface area (Å²) in [6.45, 7) is 2.02. The maximum Gasteiger partial charge on any atom is 0.257 e. The molecule has 0 radical (unpaired) electrons. The Balaban J connectivity index is 2.77. The largest absolute Gasteiger partial charge is 0.368 e. The average Bonchev–Trinajstić information content (AvgIpc) is 2.40. The Morgan fingerprint density at radius 3 is 2.23 bits per heavy atom. The molecular weight excluding hydrogens is 297 g/mol. The van der Waals surface area contributed by atoms with E-state index in [9.17, 15) is 22.8 Å². The van der Waals surface area contributed by atoms with Crippen LogP contribution in [0.5, 0.6) is 0 Å². The zero-order valence-corrected chi connectivity index (χ0v) is 12.3. The summed E-state index contributed by atoms with van der Waals surface area (Å²) in [5.41, 5.74) is 4.25. The van der Waals surface area contributed by atoms with E-state index in [0.29, 0.717) is 18.6 Å². The van der Waals surface area contributed by atoms with Gasteiger partial charge in [-0.2, -0.15) is 0 Å². The fraction of sp³-hybridized carbons (Fsp3) is 0.467. The first-order valence-electron chi connectivity index (χ1n) is 7.11. The zero-order valence-electron chi connectivity index (χ0n) is 12.3. The Labute approximate surface area is 126 Å². The normalized spacial score (nSPS) is 12.0. The van der Waals surface area contributed by atoms with Gasteiger partial charge in [-0.15, -0.1) is 0 Å². The second-order valence-corrected chi connectivity index (χ2v) is 5.02. The Hall–Kier alpha value is -2.05. The summed E-state index contributed by atoms with van der Waals surface area (Å²) in [7, 11) is 0. The van der Waals surface area contributed by atoms with Gasteiger partial charge in [-0.3, -0.25) is 9.59 Å². The first-order chi connectivity index (χ1) is 10.4. The van der Waals surface area contributed by atoms with E-state index in [0.717, 1.165) is 19.3 Å². The number of rotatable bonds is 8. The van der Waals surface area contributed by atoms with E-state index < -0.39 is 40.9 Å². The molecule has 22 heavy (non-hydrogen) atoms. The van der Waals surface area contributed by atoms with Crippen LogP contribution in [-0.4, -0.2) is 17.9 Å². The number of amides is 2. The van der Waals surface area contributed by atoms with Crippen LogP contribution in [-0.2, 0) is 4.79 Å². The number of hydrogen-bond acceptors (Lipinski definition) is 2. The fourth-order valence-electron chi connectivity index (χ4n) is 2.05. The maximum atomic E-state index is 13.5. The Morgan fingerprint density at radius 2 is 1.73 bits per heavy atom. The minimum atomic E-state index is -1.33. The third-order valence-corrected chi connectivity index (χ3v) is 3.23. The van der Waals surface area contributed by atoms with Crippen molar-refractivity contribution < 1.29 is 22.8 Å². The fourth-order valence-corrected chi connectivity index (χ4v) is 2.05. The number of primary amides is 1. The molecular formula is C15H19F3N2O2. The number of carbonyl (C=O) groups excluding carboxylic acids is 2. The van der Waals surface area contributed by atoms with E-state index in [-0.39, 0.29) is 6.42 Å². The van der Waals surface area contributed by atoms with Gasteiger partial charge in [0.15, 0.2) is 0 Å². The van der Waals surface area contributed by atoms with Crippen molar-refractivity contribution in [3.05, 3.63) is 35.1 Å². The van der Waals surface area contributed by atoms with E-state index in [1.165, 1.54) is 0 Å². The molecule has 1 aromatic rings. The molecule has 0 aliphatic carbocycles. The lowest BCUT2D eigenvalue weighted by Crippen LogP contribution is -2.44. The second-order valence-electron chi connectivity index (χ2n) is 5.02. The topological polar surface area (TPSA) is 72.2 Å². The van der Waals surface area contributed by atoms with E-state index in [4.69, 9.17) is 5.73 Å². The predicted octanol–water partition coefficient (Wildman–Crippen LogP) is 2.66. The summed E-state index contributed by atoms with van der Waals surface area (Å²) in [6, 6.07) is -0.218. The Bertz CT molecular complexity index is 527. The molecule has 3 N–H and O–H groups in total. The highest BCUT2D eigenvalue weighted by Crippen LogP contribution is 2.15. The van der Waals surface area contributed by atoms with Gasteiger partial charge < -0.3 is 11.1 Å². The number of nitrogens with one attached hydrogen (secondary N) is 1. The highest BCUT2D eigenvalue weighted by Gasteiger charge is 2.23. The summed E-state index contributed by atoms with van der Waals surface area (Å²) >= 11 is 0. The van der Waals surface area contributed by atoms with Crippen LogP contribution in [0.2, 0.25) is 0 Å². The molecule has 0 saturated heterocycles. The summed E-state index contributed by atoms with van der Waals surface area (Å²) in [5.74, 6) is -5.70. The van der Waals surface area contributed by atoms with Gasteiger partial charge >= 0.3 is 0 Å². The molecule has 0 heterocycles. The van der Waals surface area contributed by atoms with E-state index in [1.54, 1.807) is 0 Å². The first-order valence-corrected chi connectivity index (χ1v) is 7.11. The molecule has 2 amide bonds. The van der Waals surface area contributed by atoms with E-state index in [1.807, 2.05) is 6.92 Å². The molecule has 0 unspecified atom stereocenters. The number of unbranched alkanes of at least 4 members (excludes halogenated alkanes) is 3. The molecule has 1 aromatic carbocycles. The molecule has 0 aliphatic heterocycles. The standard InChI is InChI=1S/C15H19F3N2O2/c1-2-3-4-5-6-12(14(19)21)20-15(22)13-10(17)7-9(16)8-11(13)18/h7-8,12H,2-6H2,1H3,(H2,19,21)(H,20,22)/t12-/m1/s1. The first kappa shape index (κ1) is 18.0.